The summed E-state index contributed by atoms with van der Waals surface area (Å²) in [6.45, 7) is 2.88. The van der Waals surface area contributed by atoms with Crippen molar-refractivity contribution in [1.82, 2.24) is 4.90 Å². The number of likely N-dealkylation sites (tertiary alicyclic amines) is 1. The number of carbonyl (C=O) groups is 2. The predicted molar refractivity (Wildman–Crippen MR) is 57.8 cm³/mol. The van der Waals surface area contributed by atoms with E-state index in [1.165, 1.54) is 0 Å². The molecule has 2 atom stereocenters. The summed E-state index contributed by atoms with van der Waals surface area (Å²) in [5, 5.41) is 0. The molecule has 6 heteroatoms. The van der Waals surface area contributed by atoms with Gasteiger partial charge in [0.15, 0.2) is 0 Å². The fourth-order valence-corrected chi connectivity index (χ4v) is 2.12. The van der Waals surface area contributed by atoms with Gasteiger partial charge in [0, 0.05) is 31.3 Å². The number of hydrogen-bond acceptors (Lipinski definition) is 4. The van der Waals surface area contributed by atoms with Gasteiger partial charge in [-0.25, -0.2) is 4.36 Å². The number of hydrogen-bond donors (Lipinski definition) is 1. The summed E-state index contributed by atoms with van der Waals surface area (Å²) < 4.78 is 3.60. The molecule has 1 aliphatic rings. The molecule has 2 unspecified atom stereocenters. The lowest BCUT2D eigenvalue weighted by Gasteiger charge is -2.24. The minimum Gasteiger partial charge on any atom is -0.368 e. The van der Waals surface area contributed by atoms with Crippen LogP contribution < -0.4 is 5.73 Å². The van der Waals surface area contributed by atoms with E-state index in [9.17, 15) is 9.59 Å². The van der Waals surface area contributed by atoms with Gasteiger partial charge in [-0.3, -0.25) is 9.59 Å². The summed E-state index contributed by atoms with van der Waals surface area (Å²) >= 11 is 4.52. The Bertz CT molecular complexity index is 283. The molecular weight excluding hydrogens is 214 g/mol. The van der Waals surface area contributed by atoms with E-state index in [2.05, 4.69) is 16.8 Å². The van der Waals surface area contributed by atoms with Crippen molar-refractivity contribution >= 4 is 24.2 Å². The van der Waals surface area contributed by atoms with E-state index < -0.39 is 11.9 Å². The molecule has 1 saturated heterocycles. The molecule has 0 spiro atoms. The van der Waals surface area contributed by atoms with Crippen LogP contribution in [0, 0.1) is 5.92 Å². The van der Waals surface area contributed by atoms with Gasteiger partial charge in [0.1, 0.15) is 6.04 Å². The van der Waals surface area contributed by atoms with Crippen molar-refractivity contribution in [3.05, 3.63) is 0 Å². The van der Waals surface area contributed by atoms with Crippen LogP contribution in [0.3, 0.4) is 0 Å². The van der Waals surface area contributed by atoms with E-state index >= 15 is 0 Å². The number of nitrogens with two attached hydrogens (primary N) is 1. The highest BCUT2D eigenvalue weighted by molar-refractivity contribution is 7.47. The minimum absolute atomic E-state index is 0.0238. The van der Waals surface area contributed by atoms with Gasteiger partial charge in [0.05, 0.1) is 6.54 Å². The molecular formula is C9H15N3O2S. The molecule has 0 aromatic heterocycles. The SMILES string of the molecule is CCC(C(N)=O)N1CC(CN=S)CC1=O. The Kier molecular flexibility index (Phi) is 4.14. The van der Waals surface area contributed by atoms with E-state index in [0.29, 0.717) is 25.9 Å². The highest BCUT2D eigenvalue weighted by Crippen LogP contribution is 2.21. The van der Waals surface area contributed by atoms with Gasteiger partial charge in [-0.1, -0.05) is 6.92 Å². The average molecular weight is 229 g/mol. The zero-order valence-electron chi connectivity index (χ0n) is 8.68. The molecule has 1 fully saturated rings. The molecule has 0 aliphatic carbocycles. The maximum absolute atomic E-state index is 11.6. The molecule has 2 amide bonds. The maximum atomic E-state index is 11.6. The number of nitrogens with zero attached hydrogens (tertiary/aromatic N) is 2. The van der Waals surface area contributed by atoms with Crippen LogP contribution in [0.4, 0.5) is 0 Å². The van der Waals surface area contributed by atoms with Crippen molar-refractivity contribution in [2.75, 3.05) is 13.1 Å². The molecule has 0 bridgehead atoms. The summed E-state index contributed by atoms with van der Waals surface area (Å²) in [7, 11) is 0. The molecule has 1 aliphatic heterocycles. The predicted octanol–water partition coefficient (Wildman–Crippen LogP) is -0.171. The van der Waals surface area contributed by atoms with Gasteiger partial charge >= 0.3 is 0 Å². The van der Waals surface area contributed by atoms with E-state index in [0.717, 1.165) is 0 Å². The number of rotatable bonds is 5. The molecule has 1 rings (SSSR count). The van der Waals surface area contributed by atoms with Crippen LogP contribution in [0.5, 0.6) is 0 Å². The van der Waals surface area contributed by atoms with Crippen LogP contribution in [-0.2, 0) is 22.0 Å². The highest BCUT2D eigenvalue weighted by atomic mass is 32.1. The summed E-state index contributed by atoms with van der Waals surface area (Å²) in [6, 6.07) is -0.479. The molecule has 0 aromatic rings. The lowest BCUT2D eigenvalue weighted by atomic mass is 10.1. The van der Waals surface area contributed by atoms with Crippen LogP contribution in [0.2, 0.25) is 0 Å². The van der Waals surface area contributed by atoms with Crippen LogP contribution >= 0.6 is 0 Å². The van der Waals surface area contributed by atoms with E-state index in [1.54, 1.807) is 4.90 Å². The fourth-order valence-electron chi connectivity index (χ4n) is 1.91. The molecule has 84 valence electrons. The van der Waals surface area contributed by atoms with Gasteiger partial charge in [-0.05, 0) is 6.42 Å². The van der Waals surface area contributed by atoms with Gasteiger partial charge in [0.25, 0.3) is 0 Å². The molecule has 1 heterocycles. The van der Waals surface area contributed by atoms with Crippen molar-refractivity contribution in [3.63, 3.8) is 0 Å². The normalized spacial score (nSPS) is 22.9. The number of primary amides is 1. The van der Waals surface area contributed by atoms with Crippen LogP contribution in [0.1, 0.15) is 19.8 Å². The second kappa shape index (κ2) is 5.16. The Hall–Kier alpha value is -1.04. The zero-order valence-corrected chi connectivity index (χ0v) is 9.50. The number of amides is 2. The molecule has 15 heavy (non-hydrogen) atoms. The Morgan fingerprint density at radius 2 is 2.47 bits per heavy atom. The maximum Gasteiger partial charge on any atom is 0.240 e. The van der Waals surface area contributed by atoms with Crippen molar-refractivity contribution in [2.45, 2.75) is 25.8 Å². The van der Waals surface area contributed by atoms with Gasteiger partial charge < -0.3 is 10.6 Å². The van der Waals surface area contributed by atoms with Crippen LogP contribution in [-0.4, -0.2) is 35.8 Å². The van der Waals surface area contributed by atoms with Gasteiger partial charge in [-0.15, -0.1) is 0 Å². The van der Waals surface area contributed by atoms with Crippen molar-refractivity contribution in [3.8, 4) is 0 Å². The Morgan fingerprint density at radius 3 is 2.93 bits per heavy atom. The average Bonchev–Trinajstić information content (AvgIpc) is 2.49. The first-order chi connectivity index (χ1) is 7.10. The Balaban J connectivity index is 2.66. The summed E-state index contributed by atoms with van der Waals surface area (Å²) in [5.41, 5.74) is 5.23. The van der Waals surface area contributed by atoms with Crippen LogP contribution in [0.25, 0.3) is 0 Å². The lowest BCUT2D eigenvalue weighted by molar-refractivity contribution is -0.136. The largest absolute Gasteiger partial charge is 0.368 e. The first-order valence-electron chi connectivity index (χ1n) is 4.98. The first-order valence-corrected chi connectivity index (χ1v) is 5.34. The van der Waals surface area contributed by atoms with Crippen molar-refractivity contribution < 1.29 is 9.59 Å². The molecule has 0 aromatic carbocycles. The Morgan fingerprint density at radius 1 is 1.80 bits per heavy atom. The molecule has 0 radical (unpaired) electrons. The van der Waals surface area contributed by atoms with Crippen LogP contribution in [0.15, 0.2) is 4.36 Å². The lowest BCUT2D eigenvalue weighted by Crippen LogP contribution is -2.45. The highest BCUT2D eigenvalue weighted by Gasteiger charge is 2.35. The van der Waals surface area contributed by atoms with E-state index in [-0.39, 0.29) is 11.8 Å². The quantitative estimate of drug-likeness (QED) is 0.711. The van der Waals surface area contributed by atoms with E-state index in [1.807, 2.05) is 6.92 Å². The fraction of sp³-hybridized carbons (Fsp3) is 0.778. The van der Waals surface area contributed by atoms with Crippen molar-refractivity contribution in [1.29, 1.82) is 0 Å². The second-order valence-corrected chi connectivity index (χ2v) is 4.01. The third-order valence-electron chi connectivity index (χ3n) is 2.66. The first kappa shape index (κ1) is 12.0. The second-order valence-electron chi connectivity index (χ2n) is 3.75. The third-order valence-corrected chi connectivity index (χ3v) is 2.81. The standard InChI is InChI=1S/C9H15N3O2S/c1-2-7(9(10)14)12-5-6(4-11-15)3-8(12)13/h6-7H,2-5H2,1H3,(H2,10,14). The van der Waals surface area contributed by atoms with Gasteiger partial charge in [-0.2, -0.15) is 0 Å². The van der Waals surface area contributed by atoms with Crippen molar-refractivity contribution in [2.24, 2.45) is 16.0 Å². The molecule has 2 N–H and O–H groups in total. The minimum atomic E-state index is -0.479. The smallest absolute Gasteiger partial charge is 0.240 e. The molecule has 0 saturated carbocycles. The zero-order chi connectivity index (χ0) is 11.4. The monoisotopic (exact) mass is 229 g/mol. The third kappa shape index (κ3) is 2.71. The van der Waals surface area contributed by atoms with Gasteiger partial charge in [0.2, 0.25) is 11.8 Å². The topological polar surface area (TPSA) is 75.8 Å². The van der Waals surface area contributed by atoms with E-state index in [4.69, 9.17) is 5.73 Å². The summed E-state index contributed by atoms with van der Waals surface area (Å²) in [5.74, 6) is -0.325. The summed E-state index contributed by atoms with van der Waals surface area (Å²) in [6.07, 6.45) is 0.975. The summed E-state index contributed by atoms with van der Waals surface area (Å²) in [4.78, 5) is 24.3. The Labute approximate surface area is 94.2 Å². The molecule has 5 nitrogen and oxygen atoms in total. The number of carbonyl (C=O) groups excluding carboxylic acids is 2.